The Balaban J connectivity index is 1.69. The van der Waals surface area contributed by atoms with Gasteiger partial charge < -0.3 is 9.64 Å². The van der Waals surface area contributed by atoms with Crippen molar-refractivity contribution in [2.75, 3.05) is 24.6 Å². The summed E-state index contributed by atoms with van der Waals surface area (Å²) in [5.41, 5.74) is 3.03. The van der Waals surface area contributed by atoms with Gasteiger partial charge >= 0.3 is 0 Å². The third-order valence-corrected chi connectivity index (χ3v) is 4.48. The molecule has 0 unspecified atom stereocenters. The van der Waals surface area contributed by atoms with E-state index >= 15 is 0 Å². The van der Waals surface area contributed by atoms with Gasteiger partial charge in [0, 0.05) is 19.3 Å². The van der Waals surface area contributed by atoms with Crippen LogP contribution in [0.25, 0.3) is 0 Å². The van der Waals surface area contributed by atoms with Crippen LogP contribution in [0.2, 0.25) is 5.02 Å². The zero-order valence-corrected chi connectivity index (χ0v) is 14.8. The van der Waals surface area contributed by atoms with Crippen molar-refractivity contribution in [3.63, 3.8) is 0 Å². The van der Waals surface area contributed by atoms with E-state index in [9.17, 15) is 0 Å². The number of ether oxygens (including phenoxy) is 1. The van der Waals surface area contributed by atoms with Crippen LogP contribution in [0.4, 0.5) is 11.4 Å². The molecule has 0 spiro atoms. The van der Waals surface area contributed by atoms with Gasteiger partial charge in [-0.25, -0.2) is 0 Å². The summed E-state index contributed by atoms with van der Waals surface area (Å²) in [5, 5.41) is 0.776. The van der Waals surface area contributed by atoms with Crippen LogP contribution in [0.5, 0.6) is 5.75 Å². The standard InChI is InChI=1S/C20H23ClN2O/c1-2-24-18-9-6-16(7-10-18)15-22-17-8-11-20(19(21)14-17)23-12-4-3-5-13-23/h6-11,14-15H,2-5,12-13H2,1H3. The Kier molecular flexibility index (Phi) is 5.76. The molecule has 2 aromatic rings. The quantitative estimate of drug-likeness (QED) is 0.672. The van der Waals surface area contributed by atoms with Gasteiger partial charge in [0.05, 0.1) is 23.0 Å². The second kappa shape index (κ2) is 8.20. The molecule has 1 aliphatic heterocycles. The maximum Gasteiger partial charge on any atom is 0.119 e. The Morgan fingerprint density at radius 1 is 1.08 bits per heavy atom. The van der Waals surface area contributed by atoms with Gasteiger partial charge in [0.25, 0.3) is 0 Å². The van der Waals surface area contributed by atoms with Crippen LogP contribution < -0.4 is 9.64 Å². The zero-order valence-electron chi connectivity index (χ0n) is 14.0. The molecular weight excluding hydrogens is 320 g/mol. The molecule has 24 heavy (non-hydrogen) atoms. The summed E-state index contributed by atoms with van der Waals surface area (Å²) in [7, 11) is 0. The molecule has 2 aromatic carbocycles. The molecule has 0 saturated carbocycles. The molecule has 4 heteroatoms. The lowest BCUT2D eigenvalue weighted by Crippen LogP contribution is -2.29. The number of aliphatic imine (C=N–C) groups is 1. The highest BCUT2D eigenvalue weighted by atomic mass is 35.5. The first kappa shape index (κ1) is 16.8. The minimum Gasteiger partial charge on any atom is -0.494 e. The fraction of sp³-hybridized carbons (Fsp3) is 0.350. The van der Waals surface area contributed by atoms with E-state index in [0.29, 0.717) is 6.61 Å². The lowest BCUT2D eigenvalue weighted by atomic mass is 10.1. The van der Waals surface area contributed by atoms with Crippen LogP contribution >= 0.6 is 11.6 Å². The summed E-state index contributed by atoms with van der Waals surface area (Å²) in [6.45, 7) is 4.84. The maximum absolute atomic E-state index is 6.47. The molecule has 126 valence electrons. The Morgan fingerprint density at radius 2 is 1.83 bits per heavy atom. The Bertz CT molecular complexity index is 691. The number of hydrogen-bond donors (Lipinski definition) is 0. The monoisotopic (exact) mass is 342 g/mol. The van der Waals surface area contributed by atoms with Crippen molar-refractivity contribution in [1.82, 2.24) is 0 Å². The normalized spacial score (nSPS) is 15.0. The zero-order chi connectivity index (χ0) is 16.8. The third kappa shape index (κ3) is 4.30. The van der Waals surface area contributed by atoms with Crippen LogP contribution in [0, 0.1) is 0 Å². The lowest BCUT2D eigenvalue weighted by molar-refractivity contribution is 0.340. The van der Waals surface area contributed by atoms with E-state index in [-0.39, 0.29) is 0 Å². The van der Waals surface area contributed by atoms with E-state index < -0.39 is 0 Å². The highest BCUT2D eigenvalue weighted by Crippen LogP contribution is 2.31. The largest absolute Gasteiger partial charge is 0.494 e. The average Bonchev–Trinajstić information content (AvgIpc) is 2.62. The number of hydrogen-bond acceptors (Lipinski definition) is 3. The summed E-state index contributed by atoms with van der Waals surface area (Å²) >= 11 is 6.47. The maximum atomic E-state index is 6.47. The molecule has 0 atom stereocenters. The molecule has 3 nitrogen and oxygen atoms in total. The van der Waals surface area contributed by atoms with Gasteiger partial charge in [-0.3, -0.25) is 4.99 Å². The average molecular weight is 343 g/mol. The molecule has 0 bridgehead atoms. The lowest BCUT2D eigenvalue weighted by Gasteiger charge is -2.29. The summed E-state index contributed by atoms with van der Waals surface area (Å²) in [4.78, 5) is 6.90. The highest BCUT2D eigenvalue weighted by molar-refractivity contribution is 6.33. The fourth-order valence-corrected chi connectivity index (χ4v) is 3.23. The molecule has 3 rings (SSSR count). The Morgan fingerprint density at radius 3 is 2.50 bits per heavy atom. The Labute approximate surface area is 148 Å². The van der Waals surface area contributed by atoms with Crippen LogP contribution in [0.3, 0.4) is 0 Å². The molecule has 0 aromatic heterocycles. The number of halogens is 1. The smallest absolute Gasteiger partial charge is 0.119 e. The molecule has 0 radical (unpaired) electrons. The summed E-state index contributed by atoms with van der Waals surface area (Å²) in [5.74, 6) is 0.878. The number of rotatable bonds is 5. The van der Waals surface area contributed by atoms with E-state index in [1.807, 2.05) is 49.5 Å². The summed E-state index contributed by atoms with van der Waals surface area (Å²) in [6.07, 6.45) is 5.66. The minimum absolute atomic E-state index is 0.676. The van der Waals surface area contributed by atoms with Crippen LogP contribution in [0.15, 0.2) is 47.5 Å². The Hall–Kier alpha value is -2.00. The molecule has 1 aliphatic rings. The van der Waals surface area contributed by atoms with Crippen molar-refractivity contribution in [2.45, 2.75) is 26.2 Å². The minimum atomic E-state index is 0.676. The van der Waals surface area contributed by atoms with Crippen LogP contribution in [-0.2, 0) is 0 Å². The SMILES string of the molecule is CCOc1ccc(C=Nc2ccc(N3CCCCC3)c(Cl)c2)cc1. The van der Waals surface area contributed by atoms with Gasteiger partial charge in [0.15, 0.2) is 0 Å². The second-order valence-corrected chi connectivity index (χ2v) is 6.35. The highest BCUT2D eigenvalue weighted by Gasteiger charge is 2.13. The number of anilines is 1. The van der Waals surface area contributed by atoms with Crippen LogP contribution in [-0.4, -0.2) is 25.9 Å². The number of piperidine rings is 1. The van der Waals surface area contributed by atoms with Gasteiger partial charge in [-0.1, -0.05) is 11.6 Å². The molecule has 0 N–H and O–H groups in total. The van der Waals surface area contributed by atoms with Crippen molar-refractivity contribution >= 4 is 29.2 Å². The predicted octanol–water partition coefficient (Wildman–Crippen LogP) is 5.48. The van der Waals surface area contributed by atoms with E-state index in [0.717, 1.165) is 40.8 Å². The molecular formula is C20H23ClN2O. The number of nitrogens with zero attached hydrogens (tertiary/aromatic N) is 2. The molecule has 1 heterocycles. The van der Waals surface area contributed by atoms with Gasteiger partial charge in [-0.15, -0.1) is 0 Å². The van der Waals surface area contributed by atoms with Gasteiger partial charge in [0.2, 0.25) is 0 Å². The van der Waals surface area contributed by atoms with Crippen molar-refractivity contribution in [1.29, 1.82) is 0 Å². The predicted molar refractivity (Wildman–Crippen MR) is 102 cm³/mol. The van der Waals surface area contributed by atoms with Crippen LogP contribution in [0.1, 0.15) is 31.7 Å². The van der Waals surface area contributed by atoms with Crippen molar-refractivity contribution in [3.8, 4) is 5.75 Å². The van der Waals surface area contributed by atoms with E-state index in [4.69, 9.17) is 16.3 Å². The first-order valence-corrected chi connectivity index (χ1v) is 8.95. The van der Waals surface area contributed by atoms with E-state index in [1.165, 1.54) is 19.3 Å². The summed E-state index contributed by atoms with van der Waals surface area (Å²) in [6, 6.07) is 14.0. The van der Waals surface area contributed by atoms with E-state index in [1.54, 1.807) is 0 Å². The topological polar surface area (TPSA) is 24.8 Å². The third-order valence-electron chi connectivity index (χ3n) is 4.18. The van der Waals surface area contributed by atoms with E-state index in [2.05, 4.69) is 16.0 Å². The van der Waals surface area contributed by atoms with Gasteiger partial charge in [0.1, 0.15) is 5.75 Å². The summed E-state index contributed by atoms with van der Waals surface area (Å²) < 4.78 is 5.44. The molecule has 0 amide bonds. The van der Waals surface area contributed by atoms with Gasteiger partial charge in [-0.2, -0.15) is 0 Å². The molecule has 1 fully saturated rings. The van der Waals surface area contributed by atoms with Crippen molar-refractivity contribution in [2.24, 2.45) is 4.99 Å². The number of benzene rings is 2. The molecule has 1 saturated heterocycles. The van der Waals surface area contributed by atoms with Gasteiger partial charge in [-0.05, 0) is 74.2 Å². The first-order valence-electron chi connectivity index (χ1n) is 8.57. The van der Waals surface area contributed by atoms with Crippen molar-refractivity contribution in [3.05, 3.63) is 53.1 Å². The molecule has 0 aliphatic carbocycles. The first-order chi connectivity index (χ1) is 11.8. The fourth-order valence-electron chi connectivity index (χ4n) is 2.93. The van der Waals surface area contributed by atoms with Crippen molar-refractivity contribution < 1.29 is 4.74 Å². The second-order valence-electron chi connectivity index (χ2n) is 5.94.